The zero-order chi connectivity index (χ0) is 17.1. The molecule has 1 aliphatic heterocycles. The molecule has 0 atom stereocenters. The molecule has 1 amide bonds. The van der Waals surface area contributed by atoms with Crippen molar-refractivity contribution < 1.29 is 9.53 Å². The van der Waals surface area contributed by atoms with Gasteiger partial charge in [0.15, 0.2) is 5.96 Å². The van der Waals surface area contributed by atoms with Crippen molar-refractivity contribution in [2.75, 3.05) is 59.5 Å². The van der Waals surface area contributed by atoms with Crippen molar-refractivity contribution in [3.05, 3.63) is 0 Å². The van der Waals surface area contributed by atoms with Gasteiger partial charge in [-0.05, 0) is 33.7 Å². The molecule has 0 spiro atoms. The first-order valence-electron chi connectivity index (χ1n) is 8.54. The molecule has 7 heteroatoms. The molecule has 0 aliphatic carbocycles. The average Bonchev–Trinajstić information content (AvgIpc) is 2.56. The SMILES string of the molecule is CCNC(=NCC(C)(C)C(=O)NC)NCCCN1CCOCC1. The maximum Gasteiger partial charge on any atom is 0.227 e. The number of nitrogens with zero attached hydrogens (tertiary/aromatic N) is 2. The maximum absolute atomic E-state index is 11.8. The van der Waals surface area contributed by atoms with E-state index in [1.54, 1.807) is 7.05 Å². The Morgan fingerprint density at radius 1 is 1.26 bits per heavy atom. The second-order valence-electron chi connectivity index (χ2n) is 6.39. The second kappa shape index (κ2) is 10.4. The minimum Gasteiger partial charge on any atom is -0.379 e. The van der Waals surface area contributed by atoms with Crippen LogP contribution < -0.4 is 16.0 Å². The van der Waals surface area contributed by atoms with Gasteiger partial charge in [-0.2, -0.15) is 0 Å². The van der Waals surface area contributed by atoms with Gasteiger partial charge in [0.2, 0.25) is 5.91 Å². The van der Waals surface area contributed by atoms with Gasteiger partial charge in [-0.25, -0.2) is 0 Å². The largest absolute Gasteiger partial charge is 0.379 e. The van der Waals surface area contributed by atoms with E-state index >= 15 is 0 Å². The van der Waals surface area contributed by atoms with Gasteiger partial charge in [0.05, 0.1) is 25.2 Å². The third kappa shape index (κ3) is 7.65. The predicted molar refractivity (Wildman–Crippen MR) is 93.7 cm³/mol. The van der Waals surface area contributed by atoms with Crippen LogP contribution in [0.25, 0.3) is 0 Å². The number of morpholine rings is 1. The van der Waals surface area contributed by atoms with E-state index in [4.69, 9.17) is 4.74 Å². The Morgan fingerprint density at radius 3 is 2.57 bits per heavy atom. The number of hydrogen-bond acceptors (Lipinski definition) is 4. The Labute approximate surface area is 140 Å². The molecule has 23 heavy (non-hydrogen) atoms. The molecule has 1 aliphatic rings. The summed E-state index contributed by atoms with van der Waals surface area (Å²) in [5.74, 6) is 0.774. The smallest absolute Gasteiger partial charge is 0.227 e. The summed E-state index contributed by atoms with van der Waals surface area (Å²) in [7, 11) is 1.66. The standard InChI is InChI=1S/C16H33N5O2/c1-5-18-15(20-13-16(2,3)14(22)17-4)19-7-6-8-21-9-11-23-12-10-21/h5-13H2,1-4H3,(H,17,22)(H2,18,19,20). The summed E-state index contributed by atoms with van der Waals surface area (Å²) in [6.45, 7) is 12.7. The van der Waals surface area contributed by atoms with E-state index in [2.05, 4.69) is 25.8 Å². The first kappa shape index (κ1) is 19.7. The molecule has 0 aromatic carbocycles. The number of amides is 1. The van der Waals surface area contributed by atoms with E-state index in [-0.39, 0.29) is 5.91 Å². The Balaban J connectivity index is 2.35. The highest BCUT2D eigenvalue weighted by Gasteiger charge is 2.26. The fourth-order valence-electron chi connectivity index (χ4n) is 2.36. The van der Waals surface area contributed by atoms with Crippen molar-refractivity contribution >= 4 is 11.9 Å². The summed E-state index contributed by atoms with van der Waals surface area (Å²) < 4.78 is 5.35. The van der Waals surface area contributed by atoms with Crippen molar-refractivity contribution in [1.82, 2.24) is 20.9 Å². The van der Waals surface area contributed by atoms with Crippen LogP contribution in [0.1, 0.15) is 27.2 Å². The minimum atomic E-state index is -0.509. The van der Waals surface area contributed by atoms with Gasteiger partial charge >= 0.3 is 0 Å². The fraction of sp³-hybridized carbons (Fsp3) is 0.875. The van der Waals surface area contributed by atoms with E-state index in [9.17, 15) is 4.79 Å². The Morgan fingerprint density at radius 2 is 1.96 bits per heavy atom. The lowest BCUT2D eigenvalue weighted by Gasteiger charge is -2.26. The number of rotatable bonds is 8. The van der Waals surface area contributed by atoms with E-state index < -0.39 is 5.41 Å². The van der Waals surface area contributed by atoms with Crippen molar-refractivity contribution in [2.45, 2.75) is 27.2 Å². The average molecular weight is 327 g/mol. The molecule has 1 rings (SSSR count). The quantitative estimate of drug-likeness (QED) is 0.333. The first-order valence-corrected chi connectivity index (χ1v) is 8.54. The maximum atomic E-state index is 11.8. The molecule has 0 radical (unpaired) electrons. The van der Waals surface area contributed by atoms with E-state index in [0.29, 0.717) is 6.54 Å². The molecule has 0 bridgehead atoms. The summed E-state index contributed by atoms with van der Waals surface area (Å²) in [5.41, 5.74) is -0.509. The Kier molecular flexibility index (Phi) is 8.94. The molecule has 1 saturated heterocycles. The predicted octanol–water partition coefficient (Wildman–Crippen LogP) is 0.0360. The van der Waals surface area contributed by atoms with Gasteiger partial charge < -0.3 is 20.7 Å². The highest BCUT2D eigenvalue weighted by molar-refractivity contribution is 5.83. The Bertz CT molecular complexity index is 379. The number of nitrogens with one attached hydrogen (secondary N) is 3. The van der Waals surface area contributed by atoms with Crippen LogP contribution in [0.2, 0.25) is 0 Å². The normalized spacial score (nSPS) is 17.0. The summed E-state index contributed by atoms with van der Waals surface area (Å²) in [5, 5.41) is 9.25. The van der Waals surface area contributed by atoms with Crippen LogP contribution in [-0.4, -0.2) is 76.3 Å². The molecule has 1 heterocycles. The molecule has 7 nitrogen and oxygen atoms in total. The molecule has 0 saturated carbocycles. The highest BCUT2D eigenvalue weighted by atomic mass is 16.5. The lowest BCUT2D eigenvalue weighted by molar-refractivity contribution is -0.128. The first-order chi connectivity index (χ1) is 11.0. The number of aliphatic imine (C=N–C) groups is 1. The van der Waals surface area contributed by atoms with Crippen molar-refractivity contribution in [1.29, 1.82) is 0 Å². The Hall–Kier alpha value is -1.34. The molecule has 1 fully saturated rings. The van der Waals surface area contributed by atoms with Gasteiger partial charge in [-0.15, -0.1) is 0 Å². The topological polar surface area (TPSA) is 78.0 Å². The molecule has 134 valence electrons. The molecule has 3 N–H and O–H groups in total. The second-order valence-corrected chi connectivity index (χ2v) is 6.39. The molecule has 0 unspecified atom stereocenters. The zero-order valence-corrected chi connectivity index (χ0v) is 15.1. The van der Waals surface area contributed by atoms with Crippen LogP contribution >= 0.6 is 0 Å². The van der Waals surface area contributed by atoms with Gasteiger partial charge in [0, 0.05) is 33.2 Å². The minimum absolute atomic E-state index is 0.00409. The van der Waals surface area contributed by atoms with Gasteiger partial charge in [0.1, 0.15) is 0 Å². The van der Waals surface area contributed by atoms with Crippen molar-refractivity contribution in [3.8, 4) is 0 Å². The van der Waals surface area contributed by atoms with Crippen LogP contribution in [0.5, 0.6) is 0 Å². The third-order valence-corrected chi connectivity index (χ3v) is 3.87. The van der Waals surface area contributed by atoms with Gasteiger partial charge in [0.25, 0.3) is 0 Å². The summed E-state index contributed by atoms with van der Waals surface area (Å²) in [6.07, 6.45) is 1.06. The lowest BCUT2D eigenvalue weighted by atomic mass is 9.93. The fourth-order valence-corrected chi connectivity index (χ4v) is 2.36. The summed E-state index contributed by atoms with van der Waals surface area (Å²) in [4.78, 5) is 18.8. The van der Waals surface area contributed by atoms with E-state index in [0.717, 1.165) is 58.3 Å². The summed E-state index contributed by atoms with van der Waals surface area (Å²) >= 11 is 0. The van der Waals surface area contributed by atoms with E-state index in [1.807, 2.05) is 20.8 Å². The highest BCUT2D eigenvalue weighted by Crippen LogP contribution is 2.15. The molecular formula is C16H33N5O2. The number of guanidine groups is 1. The number of carbonyl (C=O) groups is 1. The van der Waals surface area contributed by atoms with Crippen LogP contribution in [0.15, 0.2) is 4.99 Å². The molecule has 0 aromatic rings. The monoisotopic (exact) mass is 327 g/mol. The number of hydrogen-bond donors (Lipinski definition) is 3. The van der Waals surface area contributed by atoms with Gasteiger partial charge in [-0.3, -0.25) is 14.7 Å². The lowest BCUT2D eigenvalue weighted by Crippen LogP contribution is -2.42. The third-order valence-electron chi connectivity index (χ3n) is 3.87. The van der Waals surface area contributed by atoms with Crippen LogP contribution in [-0.2, 0) is 9.53 Å². The summed E-state index contributed by atoms with van der Waals surface area (Å²) in [6, 6.07) is 0. The van der Waals surface area contributed by atoms with E-state index in [1.165, 1.54) is 0 Å². The van der Waals surface area contributed by atoms with Crippen LogP contribution in [0.4, 0.5) is 0 Å². The molecule has 0 aromatic heterocycles. The van der Waals surface area contributed by atoms with Gasteiger partial charge in [-0.1, -0.05) is 0 Å². The van der Waals surface area contributed by atoms with Crippen molar-refractivity contribution in [2.24, 2.45) is 10.4 Å². The van der Waals surface area contributed by atoms with Crippen molar-refractivity contribution in [3.63, 3.8) is 0 Å². The number of carbonyl (C=O) groups excluding carboxylic acids is 1. The molecular weight excluding hydrogens is 294 g/mol. The zero-order valence-electron chi connectivity index (χ0n) is 15.1. The van der Waals surface area contributed by atoms with Crippen LogP contribution in [0, 0.1) is 5.41 Å². The number of ether oxygens (including phenoxy) is 1. The van der Waals surface area contributed by atoms with Crippen LogP contribution in [0.3, 0.4) is 0 Å².